The van der Waals surface area contributed by atoms with Gasteiger partial charge in [-0.2, -0.15) is 11.8 Å². The molecule has 0 aliphatic heterocycles. The summed E-state index contributed by atoms with van der Waals surface area (Å²) in [7, 11) is 0. The number of rotatable bonds is 10. The maximum atomic E-state index is 8.67. The van der Waals surface area contributed by atoms with Crippen molar-refractivity contribution >= 4 is 23.4 Å². The second-order valence-electron chi connectivity index (χ2n) is 4.73. The summed E-state index contributed by atoms with van der Waals surface area (Å²) in [5.74, 6) is 4.65. The summed E-state index contributed by atoms with van der Waals surface area (Å²) in [6.45, 7) is 2.19. The maximum absolute atomic E-state index is 8.67. The number of hydrogen-bond acceptors (Lipinski definition) is 6. The van der Waals surface area contributed by atoms with E-state index in [4.69, 9.17) is 5.11 Å². The van der Waals surface area contributed by atoms with Gasteiger partial charge in [-0.1, -0.05) is 0 Å². The van der Waals surface area contributed by atoms with E-state index in [1.165, 1.54) is 12.8 Å². The molecule has 1 aromatic rings. The smallest absolute Gasteiger partial charge is 0.131 e. The van der Waals surface area contributed by atoms with Crippen LogP contribution in [-0.4, -0.2) is 46.3 Å². The molecule has 0 atom stereocenters. The first-order valence-electron chi connectivity index (χ1n) is 6.87. The fourth-order valence-corrected chi connectivity index (χ4v) is 2.43. The zero-order valence-electron chi connectivity index (χ0n) is 11.1. The van der Waals surface area contributed by atoms with Crippen molar-refractivity contribution in [3.8, 4) is 0 Å². The van der Waals surface area contributed by atoms with Crippen LogP contribution in [0, 0.1) is 5.92 Å². The van der Waals surface area contributed by atoms with Crippen LogP contribution in [0.3, 0.4) is 0 Å². The molecule has 0 bridgehead atoms. The Hall–Kier alpha value is -1.01. The topological polar surface area (TPSA) is 70.1 Å². The third kappa shape index (κ3) is 6.11. The first-order chi connectivity index (χ1) is 9.38. The van der Waals surface area contributed by atoms with Gasteiger partial charge in [-0.15, -0.1) is 0 Å². The summed E-state index contributed by atoms with van der Waals surface area (Å²) < 4.78 is 0. The summed E-state index contributed by atoms with van der Waals surface area (Å²) in [5.41, 5.74) is 0. The molecule has 0 saturated heterocycles. The van der Waals surface area contributed by atoms with Crippen molar-refractivity contribution < 1.29 is 5.11 Å². The van der Waals surface area contributed by atoms with Crippen LogP contribution in [0.4, 0.5) is 11.6 Å². The normalized spacial score (nSPS) is 14.4. The molecule has 6 heteroatoms. The number of aliphatic hydroxyl groups excluding tert-OH is 1. The number of nitrogens with zero attached hydrogens (tertiary/aromatic N) is 2. The van der Waals surface area contributed by atoms with Gasteiger partial charge in [0.05, 0.1) is 0 Å². The molecule has 19 heavy (non-hydrogen) atoms. The van der Waals surface area contributed by atoms with Gasteiger partial charge in [-0.05, 0) is 30.9 Å². The summed E-state index contributed by atoms with van der Waals surface area (Å²) in [6, 6.07) is 1.96. The molecule has 1 saturated carbocycles. The molecule has 0 radical (unpaired) electrons. The number of anilines is 2. The molecule has 1 aliphatic rings. The molecule has 1 heterocycles. The van der Waals surface area contributed by atoms with Crippen LogP contribution in [0.1, 0.15) is 19.3 Å². The average Bonchev–Trinajstić information content (AvgIpc) is 3.25. The van der Waals surface area contributed by atoms with Crippen LogP contribution in [-0.2, 0) is 0 Å². The van der Waals surface area contributed by atoms with Crippen LogP contribution in [0.15, 0.2) is 12.4 Å². The van der Waals surface area contributed by atoms with Crippen LogP contribution in [0.25, 0.3) is 0 Å². The van der Waals surface area contributed by atoms with Crippen molar-refractivity contribution in [3.05, 3.63) is 12.4 Å². The summed E-state index contributed by atoms with van der Waals surface area (Å²) in [4.78, 5) is 8.42. The second-order valence-corrected chi connectivity index (χ2v) is 5.95. The fraction of sp³-hybridized carbons (Fsp3) is 0.692. The van der Waals surface area contributed by atoms with Crippen molar-refractivity contribution in [3.63, 3.8) is 0 Å². The lowest BCUT2D eigenvalue weighted by Crippen LogP contribution is -2.09. The van der Waals surface area contributed by atoms with Crippen molar-refractivity contribution in [2.75, 3.05) is 41.8 Å². The van der Waals surface area contributed by atoms with E-state index in [-0.39, 0.29) is 6.61 Å². The lowest BCUT2D eigenvalue weighted by Gasteiger charge is -2.08. The Kier molecular flexibility index (Phi) is 6.23. The van der Waals surface area contributed by atoms with E-state index >= 15 is 0 Å². The molecule has 0 aromatic carbocycles. The zero-order valence-corrected chi connectivity index (χ0v) is 12.0. The van der Waals surface area contributed by atoms with E-state index in [1.807, 2.05) is 17.8 Å². The van der Waals surface area contributed by atoms with Crippen molar-refractivity contribution in [2.45, 2.75) is 19.3 Å². The monoisotopic (exact) mass is 282 g/mol. The van der Waals surface area contributed by atoms with E-state index in [1.54, 1.807) is 6.33 Å². The van der Waals surface area contributed by atoms with E-state index in [0.29, 0.717) is 0 Å². The first kappa shape index (κ1) is 14.4. The molecular formula is C13H22N4OS. The molecule has 1 aliphatic carbocycles. The van der Waals surface area contributed by atoms with Crippen molar-refractivity contribution in [1.29, 1.82) is 0 Å². The fourth-order valence-electron chi connectivity index (χ4n) is 1.64. The highest BCUT2D eigenvalue weighted by molar-refractivity contribution is 7.99. The first-order valence-corrected chi connectivity index (χ1v) is 8.02. The van der Waals surface area contributed by atoms with Gasteiger partial charge >= 0.3 is 0 Å². The highest BCUT2D eigenvalue weighted by atomic mass is 32.2. The van der Waals surface area contributed by atoms with Crippen LogP contribution in [0.5, 0.6) is 0 Å². The largest absolute Gasteiger partial charge is 0.396 e. The van der Waals surface area contributed by atoms with Crippen molar-refractivity contribution in [2.24, 2.45) is 5.92 Å². The third-order valence-electron chi connectivity index (χ3n) is 2.94. The van der Waals surface area contributed by atoms with Gasteiger partial charge in [-0.3, -0.25) is 0 Å². The van der Waals surface area contributed by atoms with Crippen LogP contribution in [0.2, 0.25) is 0 Å². The van der Waals surface area contributed by atoms with E-state index in [2.05, 4.69) is 20.6 Å². The molecule has 106 valence electrons. The van der Waals surface area contributed by atoms with Crippen molar-refractivity contribution in [1.82, 2.24) is 9.97 Å². The Morgan fingerprint density at radius 1 is 1.21 bits per heavy atom. The molecule has 0 spiro atoms. The van der Waals surface area contributed by atoms with Gasteiger partial charge in [0.25, 0.3) is 0 Å². The Balaban J connectivity index is 1.63. The van der Waals surface area contributed by atoms with Gasteiger partial charge in [0.15, 0.2) is 0 Å². The van der Waals surface area contributed by atoms with Gasteiger partial charge < -0.3 is 15.7 Å². The molecule has 1 aromatic heterocycles. The van der Waals surface area contributed by atoms with Crippen LogP contribution >= 0.6 is 11.8 Å². The third-order valence-corrected chi connectivity index (χ3v) is 4.01. The minimum absolute atomic E-state index is 0.280. The average molecular weight is 282 g/mol. The summed E-state index contributed by atoms with van der Waals surface area (Å²) in [6.07, 6.45) is 5.15. The van der Waals surface area contributed by atoms with Gasteiger partial charge in [0.1, 0.15) is 18.0 Å². The standard InChI is InChI=1S/C13H22N4OS/c18-5-1-6-19-7-4-14-12-8-13(17-10-16-12)15-9-11-2-3-11/h8,10-11,18H,1-7,9H2,(H2,14,15,16,17). The predicted molar refractivity (Wildman–Crippen MR) is 80.8 cm³/mol. The quantitative estimate of drug-likeness (QED) is 0.569. The Morgan fingerprint density at radius 2 is 2.00 bits per heavy atom. The molecule has 5 nitrogen and oxygen atoms in total. The van der Waals surface area contributed by atoms with E-state index in [9.17, 15) is 0 Å². The lowest BCUT2D eigenvalue weighted by atomic mass is 10.4. The molecule has 0 unspecified atom stereocenters. The number of nitrogens with one attached hydrogen (secondary N) is 2. The minimum Gasteiger partial charge on any atom is -0.396 e. The molecule has 2 rings (SSSR count). The predicted octanol–water partition coefficient (Wildman–Crippen LogP) is 1.83. The number of aromatic nitrogens is 2. The number of thioether (sulfide) groups is 1. The Morgan fingerprint density at radius 3 is 2.74 bits per heavy atom. The summed E-state index contributed by atoms with van der Waals surface area (Å²) in [5, 5.41) is 15.3. The number of aliphatic hydroxyl groups is 1. The van der Waals surface area contributed by atoms with Gasteiger partial charge in [-0.25, -0.2) is 9.97 Å². The van der Waals surface area contributed by atoms with Gasteiger partial charge in [0, 0.05) is 31.5 Å². The number of hydrogen-bond donors (Lipinski definition) is 3. The van der Waals surface area contributed by atoms with E-state index in [0.717, 1.165) is 48.6 Å². The Labute approximate surface area is 118 Å². The SMILES string of the molecule is OCCCSCCNc1cc(NCC2CC2)ncn1. The molecule has 1 fully saturated rings. The maximum Gasteiger partial charge on any atom is 0.131 e. The van der Waals surface area contributed by atoms with Crippen LogP contribution < -0.4 is 10.6 Å². The lowest BCUT2D eigenvalue weighted by molar-refractivity contribution is 0.296. The summed E-state index contributed by atoms with van der Waals surface area (Å²) >= 11 is 1.84. The highest BCUT2D eigenvalue weighted by Gasteiger charge is 2.20. The van der Waals surface area contributed by atoms with E-state index < -0.39 is 0 Å². The molecule has 0 amide bonds. The zero-order chi connectivity index (χ0) is 13.3. The van der Waals surface area contributed by atoms with Gasteiger partial charge in [0.2, 0.25) is 0 Å². The molecular weight excluding hydrogens is 260 g/mol. The second kappa shape index (κ2) is 8.22. The highest BCUT2D eigenvalue weighted by Crippen LogP contribution is 2.28. The minimum atomic E-state index is 0.280. The molecule has 3 N–H and O–H groups in total. The Bertz CT molecular complexity index is 373.